The molecule has 3 aromatic rings. The topological polar surface area (TPSA) is 31.2 Å². The smallest absolute Gasteiger partial charge is 0.417 e. The lowest BCUT2D eigenvalue weighted by atomic mass is 9.98. The van der Waals surface area contributed by atoms with Crippen molar-refractivity contribution in [3.8, 4) is 16.9 Å². The van der Waals surface area contributed by atoms with Crippen LogP contribution in [0.2, 0.25) is 0 Å². The van der Waals surface area contributed by atoms with Gasteiger partial charge in [-0.2, -0.15) is 26.3 Å². The lowest BCUT2D eigenvalue weighted by Gasteiger charge is -2.15. The van der Waals surface area contributed by atoms with E-state index < -0.39 is 35.1 Å². The number of benzene rings is 2. The molecule has 3 nitrogen and oxygen atoms in total. The van der Waals surface area contributed by atoms with Crippen molar-refractivity contribution < 1.29 is 35.9 Å². The number of carbonyl (C=O) groups is 1. The summed E-state index contributed by atoms with van der Waals surface area (Å²) in [5.41, 5.74) is -3.09. The fourth-order valence-corrected chi connectivity index (χ4v) is 3.26. The van der Waals surface area contributed by atoms with Gasteiger partial charge in [-0.25, -0.2) is 0 Å². The Labute approximate surface area is 167 Å². The maximum Gasteiger partial charge on any atom is 0.417 e. The van der Waals surface area contributed by atoms with Gasteiger partial charge in [-0.05, 0) is 29.8 Å². The van der Waals surface area contributed by atoms with E-state index >= 15 is 0 Å². The zero-order valence-corrected chi connectivity index (χ0v) is 15.8. The monoisotopic (exact) mass is 427 g/mol. The van der Waals surface area contributed by atoms with E-state index in [1.165, 1.54) is 31.4 Å². The van der Waals surface area contributed by atoms with E-state index in [1.807, 2.05) is 0 Å². The second-order valence-corrected chi connectivity index (χ2v) is 6.51. The maximum atomic E-state index is 13.6. The van der Waals surface area contributed by atoms with Crippen molar-refractivity contribution in [2.24, 2.45) is 0 Å². The van der Waals surface area contributed by atoms with Crippen LogP contribution in [-0.4, -0.2) is 23.8 Å². The fourth-order valence-electron chi connectivity index (χ4n) is 3.26. The van der Waals surface area contributed by atoms with Gasteiger partial charge >= 0.3 is 12.4 Å². The van der Waals surface area contributed by atoms with Gasteiger partial charge in [0.15, 0.2) is 0 Å². The number of allylic oxidation sites excluding steroid dienone is 1. The van der Waals surface area contributed by atoms with Crippen LogP contribution in [0.3, 0.4) is 0 Å². The first kappa shape index (κ1) is 21.5. The molecular weight excluding hydrogens is 412 g/mol. The first-order chi connectivity index (χ1) is 13.9. The quantitative estimate of drug-likeness (QED) is 0.443. The summed E-state index contributed by atoms with van der Waals surface area (Å²) >= 11 is 0. The predicted octanol–water partition coefficient (Wildman–Crippen LogP) is 6.57. The number of hydrogen-bond donors (Lipinski definition) is 0. The van der Waals surface area contributed by atoms with Crippen LogP contribution in [0, 0.1) is 0 Å². The van der Waals surface area contributed by atoms with Crippen molar-refractivity contribution in [3.05, 3.63) is 60.3 Å². The molecule has 0 amide bonds. The average Bonchev–Trinajstić information content (AvgIpc) is 3.00. The zero-order valence-electron chi connectivity index (χ0n) is 15.8. The molecule has 30 heavy (non-hydrogen) atoms. The van der Waals surface area contributed by atoms with Crippen molar-refractivity contribution in [2.45, 2.75) is 19.3 Å². The van der Waals surface area contributed by atoms with E-state index in [1.54, 1.807) is 0 Å². The van der Waals surface area contributed by atoms with E-state index in [2.05, 4.69) is 6.58 Å². The number of nitrogens with zero attached hydrogens (tertiary/aromatic N) is 1. The molecule has 0 aliphatic rings. The summed E-state index contributed by atoms with van der Waals surface area (Å²) in [6, 6.07) is 8.40. The normalized spacial score (nSPS) is 12.3. The minimum atomic E-state index is -4.91. The Hall–Kier alpha value is -3.23. The van der Waals surface area contributed by atoms with E-state index in [0.717, 1.165) is 19.1 Å². The largest absolute Gasteiger partial charge is 0.497 e. The summed E-state index contributed by atoms with van der Waals surface area (Å²) in [5.74, 6) is -0.441. The zero-order chi connectivity index (χ0) is 22.4. The van der Waals surface area contributed by atoms with E-state index in [-0.39, 0.29) is 22.0 Å². The summed E-state index contributed by atoms with van der Waals surface area (Å²) in [5, 5.41) is 0.0590. The van der Waals surface area contributed by atoms with Crippen LogP contribution in [0.4, 0.5) is 26.3 Å². The third-order valence-corrected chi connectivity index (χ3v) is 4.62. The molecule has 3 rings (SSSR count). The Balaban J connectivity index is 2.47. The molecule has 0 fully saturated rings. The Kier molecular flexibility index (Phi) is 5.17. The minimum absolute atomic E-state index is 0.0427. The summed E-state index contributed by atoms with van der Waals surface area (Å²) in [4.78, 5) is 12.3. The number of methoxy groups -OCH3 is 1. The molecule has 0 N–H and O–H groups in total. The molecule has 2 aromatic carbocycles. The van der Waals surface area contributed by atoms with Gasteiger partial charge in [0.1, 0.15) is 5.75 Å². The van der Waals surface area contributed by atoms with Crippen LogP contribution in [0.1, 0.15) is 23.0 Å². The standard InChI is InChI=1S/C21H15F6NO2/c1-11(20(22,23)24)19-18(13-4-7-15(30-3)8-5-13)16-9-6-14(21(25,26)27)10-17(16)28(19)12(2)29/h4-10H,1H2,2-3H3. The van der Waals surface area contributed by atoms with Crippen LogP contribution in [-0.2, 0) is 6.18 Å². The second-order valence-electron chi connectivity index (χ2n) is 6.51. The van der Waals surface area contributed by atoms with Crippen LogP contribution < -0.4 is 4.74 Å². The molecule has 0 unspecified atom stereocenters. The first-order valence-electron chi connectivity index (χ1n) is 8.53. The number of rotatable bonds is 3. The van der Waals surface area contributed by atoms with Crippen molar-refractivity contribution in [2.75, 3.05) is 7.11 Å². The van der Waals surface area contributed by atoms with Gasteiger partial charge in [-0.1, -0.05) is 24.8 Å². The number of halogens is 6. The highest BCUT2D eigenvalue weighted by molar-refractivity contribution is 6.08. The molecule has 1 heterocycles. The number of carbonyl (C=O) groups excluding carboxylic acids is 1. The summed E-state index contributed by atoms with van der Waals surface area (Å²) < 4.78 is 86.0. The Morgan fingerprint density at radius 2 is 1.60 bits per heavy atom. The predicted molar refractivity (Wildman–Crippen MR) is 100 cm³/mol. The molecule has 0 spiro atoms. The lowest BCUT2D eigenvalue weighted by Crippen LogP contribution is -2.17. The van der Waals surface area contributed by atoms with Crippen LogP contribution in [0.5, 0.6) is 5.75 Å². The number of fused-ring (bicyclic) bond motifs is 1. The van der Waals surface area contributed by atoms with Gasteiger partial charge < -0.3 is 4.74 Å². The van der Waals surface area contributed by atoms with Gasteiger partial charge in [-0.15, -0.1) is 0 Å². The third-order valence-electron chi connectivity index (χ3n) is 4.62. The van der Waals surface area contributed by atoms with Gasteiger partial charge in [0.05, 0.1) is 29.5 Å². The van der Waals surface area contributed by atoms with Crippen molar-refractivity contribution in [1.82, 2.24) is 4.57 Å². The molecule has 158 valence electrons. The fraction of sp³-hybridized carbons (Fsp3) is 0.190. The Morgan fingerprint density at radius 3 is 2.07 bits per heavy atom. The molecule has 0 bridgehead atoms. The summed E-state index contributed by atoms with van der Waals surface area (Å²) in [6.07, 6.45) is -9.64. The Bertz CT molecular complexity index is 1140. The second kappa shape index (κ2) is 7.23. The molecule has 0 atom stereocenters. The third kappa shape index (κ3) is 3.67. The molecule has 0 radical (unpaired) electrons. The van der Waals surface area contributed by atoms with Gasteiger partial charge in [0.2, 0.25) is 5.91 Å². The van der Waals surface area contributed by atoms with Gasteiger partial charge in [-0.3, -0.25) is 9.36 Å². The minimum Gasteiger partial charge on any atom is -0.497 e. The molecule has 0 aliphatic heterocycles. The average molecular weight is 427 g/mol. The number of alkyl halides is 6. The molecule has 9 heteroatoms. The molecular formula is C21H15F6NO2. The van der Waals surface area contributed by atoms with Gasteiger partial charge in [0, 0.05) is 17.9 Å². The van der Waals surface area contributed by atoms with Crippen molar-refractivity contribution in [1.29, 1.82) is 0 Å². The number of aromatic nitrogens is 1. The Morgan fingerprint density at radius 1 is 1.00 bits per heavy atom. The van der Waals surface area contributed by atoms with Crippen molar-refractivity contribution >= 4 is 22.4 Å². The van der Waals surface area contributed by atoms with Crippen molar-refractivity contribution in [3.63, 3.8) is 0 Å². The molecule has 0 saturated heterocycles. The summed E-state index contributed by atoms with van der Waals surface area (Å²) in [7, 11) is 1.41. The molecule has 1 aromatic heterocycles. The first-order valence-corrected chi connectivity index (χ1v) is 8.53. The van der Waals surface area contributed by atoms with Crippen LogP contribution in [0.25, 0.3) is 27.6 Å². The highest BCUT2D eigenvalue weighted by Gasteiger charge is 2.39. The van der Waals surface area contributed by atoms with E-state index in [4.69, 9.17) is 4.74 Å². The van der Waals surface area contributed by atoms with Crippen LogP contribution >= 0.6 is 0 Å². The number of ether oxygens (including phenoxy) is 1. The molecule has 0 saturated carbocycles. The van der Waals surface area contributed by atoms with E-state index in [9.17, 15) is 31.1 Å². The van der Waals surface area contributed by atoms with Crippen LogP contribution in [0.15, 0.2) is 49.0 Å². The lowest BCUT2D eigenvalue weighted by molar-refractivity contribution is -0.137. The summed E-state index contributed by atoms with van der Waals surface area (Å²) in [6.45, 7) is 4.06. The maximum absolute atomic E-state index is 13.6. The highest BCUT2D eigenvalue weighted by atomic mass is 19.4. The van der Waals surface area contributed by atoms with E-state index in [0.29, 0.717) is 16.4 Å². The van der Waals surface area contributed by atoms with Gasteiger partial charge in [0.25, 0.3) is 0 Å². The number of hydrogen-bond acceptors (Lipinski definition) is 2. The molecule has 0 aliphatic carbocycles. The SMILES string of the molecule is C=C(c1c(-c2ccc(OC)cc2)c2ccc(C(F)(F)F)cc2n1C(C)=O)C(F)(F)F. The highest BCUT2D eigenvalue weighted by Crippen LogP contribution is 2.44.